The summed E-state index contributed by atoms with van der Waals surface area (Å²) in [5.74, 6) is 2.72. The van der Waals surface area contributed by atoms with E-state index in [0.717, 1.165) is 5.56 Å². The number of hydrogen-bond acceptors (Lipinski definition) is 7. The average molecular weight is 396 g/mol. The smallest absolute Gasteiger partial charge is 0.324 e. The molecule has 3 rings (SSSR count). The number of rotatable bonds is 5. The zero-order valence-electron chi connectivity index (χ0n) is 17.0. The standard InChI is InChI=1S/C20H24N6O3/c1-12-8-13(28-18-10-16(21-5)22-11-23-18)6-7-14(12)24-19(27)25-17-9-15(29-26-17)20(2,3)4/h6-11H,1-5H3,(H,21,22,23)(H2,24,25,26,27). The molecular weight excluding hydrogens is 372 g/mol. The van der Waals surface area contributed by atoms with Gasteiger partial charge in [0.05, 0.1) is 0 Å². The minimum atomic E-state index is -0.412. The van der Waals surface area contributed by atoms with Crippen molar-refractivity contribution < 1.29 is 14.1 Å². The van der Waals surface area contributed by atoms with Crippen LogP contribution >= 0.6 is 0 Å². The first-order valence-corrected chi connectivity index (χ1v) is 9.08. The van der Waals surface area contributed by atoms with Crippen molar-refractivity contribution in [1.29, 1.82) is 0 Å². The zero-order chi connectivity index (χ0) is 21.0. The normalized spacial score (nSPS) is 11.1. The van der Waals surface area contributed by atoms with Gasteiger partial charge in [-0.1, -0.05) is 25.9 Å². The van der Waals surface area contributed by atoms with Gasteiger partial charge in [-0.2, -0.15) is 0 Å². The van der Waals surface area contributed by atoms with Crippen LogP contribution in [0.4, 0.5) is 22.1 Å². The number of hydrogen-bond donors (Lipinski definition) is 3. The Bertz CT molecular complexity index is 1010. The van der Waals surface area contributed by atoms with Crippen molar-refractivity contribution in [2.75, 3.05) is 23.0 Å². The second-order valence-corrected chi connectivity index (χ2v) is 7.48. The molecule has 0 aliphatic heterocycles. The predicted molar refractivity (Wildman–Crippen MR) is 111 cm³/mol. The van der Waals surface area contributed by atoms with Crippen molar-refractivity contribution in [3.63, 3.8) is 0 Å². The number of ether oxygens (including phenoxy) is 1. The lowest BCUT2D eigenvalue weighted by Gasteiger charge is -2.12. The highest BCUT2D eigenvalue weighted by molar-refractivity contribution is 5.99. The number of urea groups is 1. The molecule has 1 aromatic carbocycles. The van der Waals surface area contributed by atoms with Gasteiger partial charge in [-0.3, -0.25) is 5.32 Å². The summed E-state index contributed by atoms with van der Waals surface area (Å²) in [4.78, 5) is 20.4. The van der Waals surface area contributed by atoms with Crippen molar-refractivity contribution in [1.82, 2.24) is 15.1 Å². The van der Waals surface area contributed by atoms with Gasteiger partial charge < -0.3 is 19.9 Å². The fourth-order valence-corrected chi connectivity index (χ4v) is 2.45. The summed E-state index contributed by atoms with van der Waals surface area (Å²) in [5.41, 5.74) is 1.29. The Kier molecular flexibility index (Phi) is 5.67. The fourth-order valence-electron chi connectivity index (χ4n) is 2.45. The summed E-state index contributed by atoms with van der Waals surface area (Å²) in [6.07, 6.45) is 1.42. The Hall–Kier alpha value is -3.62. The molecule has 2 aromatic heterocycles. The van der Waals surface area contributed by atoms with Gasteiger partial charge in [0, 0.05) is 30.3 Å². The summed E-state index contributed by atoms with van der Waals surface area (Å²) in [6, 6.07) is 8.31. The van der Waals surface area contributed by atoms with E-state index in [0.29, 0.717) is 34.7 Å². The molecule has 2 amide bonds. The van der Waals surface area contributed by atoms with E-state index >= 15 is 0 Å². The Labute approximate surface area is 168 Å². The number of carbonyl (C=O) groups excluding carboxylic acids is 1. The number of nitrogens with one attached hydrogen (secondary N) is 3. The lowest BCUT2D eigenvalue weighted by molar-refractivity contribution is 0.262. The molecule has 29 heavy (non-hydrogen) atoms. The molecule has 9 nitrogen and oxygen atoms in total. The summed E-state index contributed by atoms with van der Waals surface area (Å²) >= 11 is 0. The quantitative estimate of drug-likeness (QED) is 0.580. The molecule has 0 bridgehead atoms. The third-order valence-corrected chi connectivity index (χ3v) is 4.06. The highest BCUT2D eigenvalue weighted by atomic mass is 16.5. The molecule has 0 unspecified atom stereocenters. The van der Waals surface area contributed by atoms with E-state index in [1.54, 1.807) is 31.3 Å². The van der Waals surface area contributed by atoms with Crippen molar-refractivity contribution >= 4 is 23.4 Å². The van der Waals surface area contributed by atoms with E-state index in [9.17, 15) is 4.79 Å². The van der Waals surface area contributed by atoms with Crippen molar-refractivity contribution in [3.05, 3.63) is 48.0 Å². The SMILES string of the molecule is CNc1cc(Oc2ccc(NC(=O)Nc3cc(C(C)(C)C)on3)c(C)c2)ncn1. The molecule has 3 N–H and O–H groups in total. The first-order chi connectivity index (χ1) is 13.7. The highest BCUT2D eigenvalue weighted by Gasteiger charge is 2.20. The van der Waals surface area contributed by atoms with Crippen LogP contribution in [0.2, 0.25) is 0 Å². The molecule has 0 aliphatic carbocycles. The van der Waals surface area contributed by atoms with E-state index < -0.39 is 6.03 Å². The van der Waals surface area contributed by atoms with Crippen LogP contribution in [-0.4, -0.2) is 28.2 Å². The number of aryl methyl sites for hydroxylation is 1. The Morgan fingerprint density at radius 3 is 2.52 bits per heavy atom. The molecule has 0 atom stereocenters. The third-order valence-electron chi connectivity index (χ3n) is 4.06. The average Bonchev–Trinajstić information content (AvgIpc) is 3.13. The number of amides is 2. The Morgan fingerprint density at radius 1 is 1.07 bits per heavy atom. The first kappa shape index (κ1) is 20.1. The van der Waals surface area contributed by atoms with Gasteiger partial charge in [-0.15, -0.1) is 0 Å². The van der Waals surface area contributed by atoms with Crippen LogP contribution in [0, 0.1) is 6.92 Å². The van der Waals surface area contributed by atoms with Crippen LogP contribution in [0.5, 0.6) is 11.6 Å². The van der Waals surface area contributed by atoms with Gasteiger partial charge in [0.25, 0.3) is 0 Å². The minimum absolute atomic E-state index is 0.187. The maximum absolute atomic E-state index is 12.3. The van der Waals surface area contributed by atoms with Crippen LogP contribution in [0.1, 0.15) is 32.1 Å². The molecule has 152 valence electrons. The lowest BCUT2D eigenvalue weighted by atomic mass is 9.93. The summed E-state index contributed by atoms with van der Waals surface area (Å²) in [6.45, 7) is 7.89. The van der Waals surface area contributed by atoms with Crippen LogP contribution in [0.3, 0.4) is 0 Å². The van der Waals surface area contributed by atoms with Gasteiger partial charge in [0.1, 0.15) is 23.7 Å². The minimum Gasteiger partial charge on any atom is -0.439 e. The van der Waals surface area contributed by atoms with E-state index in [2.05, 4.69) is 31.1 Å². The molecule has 0 spiro atoms. The first-order valence-electron chi connectivity index (χ1n) is 9.08. The Balaban J connectivity index is 1.64. The Morgan fingerprint density at radius 2 is 1.86 bits per heavy atom. The molecule has 2 heterocycles. The van der Waals surface area contributed by atoms with Gasteiger partial charge in [0.2, 0.25) is 5.88 Å². The number of nitrogens with zero attached hydrogens (tertiary/aromatic N) is 3. The number of anilines is 3. The van der Waals surface area contributed by atoms with Crippen LogP contribution in [-0.2, 0) is 5.41 Å². The van der Waals surface area contributed by atoms with Crippen molar-refractivity contribution in [3.8, 4) is 11.6 Å². The number of aromatic nitrogens is 3. The topological polar surface area (TPSA) is 114 Å². The fraction of sp³-hybridized carbons (Fsp3) is 0.300. The van der Waals surface area contributed by atoms with Crippen molar-refractivity contribution in [2.45, 2.75) is 33.1 Å². The van der Waals surface area contributed by atoms with E-state index in [1.165, 1.54) is 6.33 Å². The molecule has 0 saturated heterocycles. The third kappa shape index (κ3) is 5.22. The summed E-state index contributed by atoms with van der Waals surface area (Å²) < 4.78 is 11.0. The molecule has 0 saturated carbocycles. The molecule has 0 fully saturated rings. The number of carbonyl (C=O) groups is 1. The van der Waals surface area contributed by atoms with Gasteiger partial charge in [-0.05, 0) is 30.7 Å². The molecule has 9 heteroatoms. The van der Waals surface area contributed by atoms with Gasteiger partial charge >= 0.3 is 6.03 Å². The molecular formula is C20H24N6O3. The van der Waals surface area contributed by atoms with Crippen LogP contribution in [0.25, 0.3) is 0 Å². The second-order valence-electron chi connectivity index (χ2n) is 7.48. The second kappa shape index (κ2) is 8.17. The molecule has 0 radical (unpaired) electrons. The van der Waals surface area contributed by atoms with Crippen LogP contribution < -0.4 is 20.7 Å². The molecule has 3 aromatic rings. The predicted octanol–water partition coefficient (Wildman–Crippen LogP) is 4.55. The number of benzene rings is 1. The monoisotopic (exact) mass is 396 g/mol. The zero-order valence-corrected chi connectivity index (χ0v) is 17.0. The molecule has 0 aliphatic rings. The van der Waals surface area contributed by atoms with E-state index in [1.807, 2.05) is 33.8 Å². The van der Waals surface area contributed by atoms with E-state index in [4.69, 9.17) is 9.26 Å². The van der Waals surface area contributed by atoms with Gasteiger partial charge in [0.15, 0.2) is 5.82 Å². The van der Waals surface area contributed by atoms with Crippen molar-refractivity contribution in [2.24, 2.45) is 0 Å². The van der Waals surface area contributed by atoms with Gasteiger partial charge in [-0.25, -0.2) is 14.8 Å². The maximum Gasteiger partial charge on any atom is 0.324 e. The highest BCUT2D eigenvalue weighted by Crippen LogP contribution is 2.27. The lowest BCUT2D eigenvalue weighted by Crippen LogP contribution is -2.20. The largest absolute Gasteiger partial charge is 0.439 e. The maximum atomic E-state index is 12.3. The van der Waals surface area contributed by atoms with Crippen LogP contribution in [0.15, 0.2) is 41.2 Å². The summed E-state index contributed by atoms with van der Waals surface area (Å²) in [7, 11) is 1.77. The summed E-state index contributed by atoms with van der Waals surface area (Å²) in [5, 5.41) is 12.3. The van der Waals surface area contributed by atoms with E-state index in [-0.39, 0.29) is 5.41 Å².